The SMILES string of the molecule is CCCS(=O)(=O)Nc1cccc(NC(=O)c2ccccc2-c2ccccc2)c1C. The lowest BCUT2D eigenvalue weighted by Crippen LogP contribution is -2.18. The van der Waals surface area contributed by atoms with Gasteiger partial charge in [-0.15, -0.1) is 0 Å². The Morgan fingerprint density at radius 1 is 0.862 bits per heavy atom. The van der Waals surface area contributed by atoms with Crippen molar-refractivity contribution < 1.29 is 13.2 Å². The van der Waals surface area contributed by atoms with Crippen LogP contribution in [0.25, 0.3) is 11.1 Å². The summed E-state index contributed by atoms with van der Waals surface area (Å²) in [6.45, 7) is 3.59. The Morgan fingerprint density at radius 3 is 2.24 bits per heavy atom. The van der Waals surface area contributed by atoms with Crippen LogP contribution in [0.4, 0.5) is 11.4 Å². The number of amides is 1. The fourth-order valence-electron chi connectivity index (χ4n) is 3.11. The lowest BCUT2D eigenvalue weighted by molar-refractivity contribution is 0.102. The molecule has 0 saturated carbocycles. The summed E-state index contributed by atoms with van der Waals surface area (Å²) in [4.78, 5) is 13.0. The van der Waals surface area contributed by atoms with E-state index >= 15 is 0 Å². The molecule has 0 saturated heterocycles. The first-order valence-corrected chi connectivity index (χ1v) is 11.1. The van der Waals surface area contributed by atoms with E-state index in [-0.39, 0.29) is 11.7 Å². The average molecular weight is 409 g/mol. The second-order valence-corrected chi connectivity index (χ2v) is 8.61. The molecule has 150 valence electrons. The van der Waals surface area contributed by atoms with Crippen LogP contribution in [0.3, 0.4) is 0 Å². The van der Waals surface area contributed by atoms with E-state index < -0.39 is 10.0 Å². The van der Waals surface area contributed by atoms with E-state index in [0.717, 1.165) is 11.1 Å². The largest absolute Gasteiger partial charge is 0.322 e. The average Bonchev–Trinajstić information content (AvgIpc) is 2.71. The molecule has 0 spiro atoms. The number of carbonyl (C=O) groups excluding carboxylic acids is 1. The van der Waals surface area contributed by atoms with Crippen molar-refractivity contribution in [1.82, 2.24) is 0 Å². The summed E-state index contributed by atoms with van der Waals surface area (Å²) in [7, 11) is -3.41. The fraction of sp³-hybridized carbons (Fsp3) is 0.174. The highest BCUT2D eigenvalue weighted by atomic mass is 32.2. The summed E-state index contributed by atoms with van der Waals surface area (Å²) in [5, 5.41) is 2.92. The van der Waals surface area contributed by atoms with Gasteiger partial charge in [0.2, 0.25) is 10.0 Å². The van der Waals surface area contributed by atoms with Crippen LogP contribution >= 0.6 is 0 Å². The normalized spacial score (nSPS) is 11.1. The standard InChI is InChI=1S/C23H24N2O3S/c1-3-16-29(27,28)25-22-15-9-14-21(17(22)2)24-23(26)20-13-8-7-12-19(20)18-10-5-4-6-11-18/h4-15,25H,3,16H2,1-2H3,(H,24,26). The highest BCUT2D eigenvalue weighted by Crippen LogP contribution is 2.27. The Morgan fingerprint density at radius 2 is 1.52 bits per heavy atom. The molecular formula is C23H24N2O3S. The first kappa shape index (κ1) is 20.6. The summed E-state index contributed by atoms with van der Waals surface area (Å²) < 4.78 is 26.8. The van der Waals surface area contributed by atoms with Crippen LogP contribution in [-0.4, -0.2) is 20.1 Å². The highest BCUT2D eigenvalue weighted by molar-refractivity contribution is 7.92. The molecule has 3 aromatic rings. The molecule has 6 heteroatoms. The minimum Gasteiger partial charge on any atom is -0.322 e. The third-order valence-corrected chi connectivity index (χ3v) is 6.05. The van der Waals surface area contributed by atoms with Gasteiger partial charge in [-0.3, -0.25) is 9.52 Å². The molecule has 5 nitrogen and oxygen atoms in total. The maximum absolute atomic E-state index is 13.0. The van der Waals surface area contributed by atoms with Gasteiger partial charge >= 0.3 is 0 Å². The van der Waals surface area contributed by atoms with E-state index in [1.165, 1.54) is 0 Å². The van der Waals surface area contributed by atoms with E-state index in [4.69, 9.17) is 0 Å². The maximum atomic E-state index is 13.0. The summed E-state index contributed by atoms with van der Waals surface area (Å²) >= 11 is 0. The van der Waals surface area contributed by atoms with Crippen molar-refractivity contribution in [2.24, 2.45) is 0 Å². The zero-order chi connectivity index (χ0) is 20.9. The van der Waals surface area contributed by atoms with Crippen molar-refractivity contribution in [3.05, 3.63) is 83.9 Å². The van der Waals surface area contributed by atoms with Gasteiger partial charge in [-0.25, -0.2) is 8.42 Å². The first-order chi connectivity index (χ1) is 13.9. The van der Waals surface area contributed by atoms with Crippen molar-refractivity contribution in [2.75, 3.05) is 15.8 Å². The molecule has 29 heavy (non-hydrogen) atoms. The zero-order valence-electron chi connectivity index (χ0n) is 16.5. The Kier molecular flexibility index (Phi) is 6.34. The molecule has 3 aromatic carbocycles. The fourth-order valence-corrected chi connectivity index (χ4v) is 4.30. The second kappa shape index (κ2) is 8.92. The predicted octanol–water partition coefficient (Wildman–Crippen LogP) is 5.07. The van der Waals surface area contributed by atoms with Crippen LogP contribution in [0.5, 0.6) is 0 Å². The quantitative estimate of drug-likeness (QED) is 0.573. The molecule has 0 radical (unpaired) electrons. The van der Waals surface area contributed by atoms with Crippen molar-refractivity contribution in [3.8, 4) is 11.1 Å². The van der Waals surface area contributed by atoms with Gasteiger partial charge in [0.25, 0.3) is 5.91 Å². The molecule has 0 unspecified atom stereocenters. The smallest absolute Gasteiger partial charge is 0.256 e. The van der Waals surface area contributed by atoms with E-state index in [2.05, 4.69) is 10.0 Å². The summed E-state index contributed by atoms with van der Waals surface area (Å²) in [5.74, 6) is -0.200. The third-order valence-electron chi connectivity index (χ3n) is 4.58. The topological polar surface area (TPSA) is 75.3 Å². The molecule has 0 heterocycles. The molecule has 3 rings (SSSR count). The zero-order valence-corrected chi connectivity index (χ0v) is 17.3. The van der Waals surface area contributed by atoms with Crippen LogP contribution in [-0.2, 0) is 10.0 Å². The number of sulfonamides is 1. The number of rotatable bonds is 7. The monoisotopic (exact) mass is 408 g/mol. The van der Waals surface area contributed by atoms with Crippen LogP contribution in [0, 0.1) is 6.92 Å². The van der Waals surface area contributed by atoms with Crippen molar-refractivity contribution in [3.63, 3.8) is 0 Å². The molecule has 0 bridgehead atoms. The van der Waals surface area contributed by atoms with Gasteiger partial charge in [0.15, 0.2) is 0 Å². The van der Waals surface area contributed by atoms with Crippen molar-refractivity contribution in [2.45, 2.75) is 20.3 Å². The minimum absolute atomic E-state index is 0.0491. The molecule has 0 atom stereocenters. The number of nitrogens with one attached hydrogen (secondary N) is 2. The van der Waals surface area contributed by atoms with Gasteiger partial charge in [-0.1, -0.05) is 61.5 Å². The van der Waals surface area contributed by atoms with Gasteiger partial charge in [0.05, 0.1) is 11.4 Å². The Labute approximate surface area is 171 Å². The Bertz CT molecular complexity index is 1110. The molecule has 0 aliphatic rings. The van der Waals surface area contributed by atoms with Gasteiger partial charge in [-0.05, 0) is 48.2 Å². The van der Waals surface area contributed by atoms with Crippen LogP contribution in [0.15, 0.2) is 72.8 Å². The summed E-state index contributed by atoms with van der Waals surface area (Å²) in [5.41, 5.74) is 4.04. The van der Waals surface area contributed by atoms with Crippen molar-refractivity contribution >= 4 is 27.3 Å². The second-order valence-electron chi connectivity index (χ2n) is 6.76. The molecule has 0 fully saturated rings. The van der Waals surface area contributed by atoms with Gasteiger partial charge in [0.1, 0.15) is 0 Å². The molecule has 0 aliphatic heterocycles. The molecule has 1 amide bonds. The van der Waals surface area contributed by atoms with Gasteiger partial charge < -0.3 is 5.32 Å². The number of anilines is 2. The van der Waals surface area contributed by atoms with Crippen LogP contribution in [0.2, 0.25) is 0 Å². The van der Waals surface area contributed by atoms with E-state index in [0.29, 0.717) is 28.9 Å². The number of hydrogen-bond donors (Lipinski definition) is 2. The first-order valence-electron chi connectivity index (χ1n) is 9.47. The number of benzene rings is 3. The lowest BCUT2D eigenvalue weighted by Gasteiger charge is -2.15. The summed E-state index contributed by atoms with van der Waals surface area (Å²) in [6, 6.07) is 22.3. The molecule has 0 aliphatic carbocycles. The van der Waals surface area contributed by atoms with Gasteiger partial charge in [0, 0.05) is 11.3 Å². The number of hydrogen-bond acceptors (Lipinski definition) is 3. The molecular weight excluding hydrogens is 384 g/mol. The Hall–Kier alpha value is -3.12. The predicted molar refractivity (Wildman–Crippen MR) is 119 cm³/mol. The molecule has 2 N–H and O–H groups in total. The van der Waals surface area contributed by atoms with Crippen LogP contribution in [0.1, 0.15) is 29.3 Å². The number of carbonyl (C=O) groups is 1. The van der Waals surface area contributed by atoms with E-state index in [1.54, 1.807) is 31.2 Å². The van der Waals surface area contributed by atoms with Gasteiger partial charge in [-0.2, -0.15) is 0 Å². The van der Waals surface area contributed by atoms with E-state index in [9.17, 15) is 13.2 Å². The third kappa shape index (κ3) is 5.03. The van der Waals surface area contributed by atoms with Crippen molar-refractivity contribution in [1.29, 1.82) is 0 Å². The highest BCUT2D eigenvalue weighted by Gasteiger charge is 2.16. The summed E-state index contributed by atoms with van der Waals surface area (Å²) in [6.07, 6.45) is 0.529. The Balaban J connectivity index is 1.89. The molecule has 0 aromatic heterocycles. The minimum atomic E-state index is -3.41. The van der Waals surface area contributed by atoms with Crippen LogP contribution < -0.4 is 10.0 Å². The maximum Gasteiger partial charge on any atom is 0.256 e. The van der Waals surface area contributed by atoms with E-state index in [1.807, 2.05) is 55.5 Å². The lowest BCUT2D eigenvalue weighted by atomic mass is 9.99.